The predicted octanol–water partition coefficient (Wildman–Crippen LogP) is 3.47. The Morgan fingerprint density at radius 3 is 2.86 bits per heavy atom. The molecule has 1 saturated heterocycles. The SMILES string of the molecule is COc1ccc2ccnc(NCC3(C)CCOCC3)c2c1. The zero-order chi connectivity index (χ0) is 14.7. The van der Waals surface area contributed by atoms with Crippen LogP contribution in [-0.4, -0.2) is 31.9 Å². The molecule has 0 radical (unpaired) electrons. The van der Waals surface area contributed by atoms with E-state index >= 15 is 0 Å². The second-order valence-electron chi connectivity index (χ2n) is 6.02. The molecule has 0 amide bonds. The summed E-state index contributed by atoms with van der Waals surface area (Å²) in [6, 6.07) is 8.11. The normalized spacial score (nSPS) is 17.6. The van der Waals surface area contributed by atoms with Gasteiger partial charge in [0.05, 0.1) is 7.11 Å². The van der Waals surface area contributed by atoms with E-state index in [0.717, 1.165) is 49.6 Å². The Bertz CT molecular complexity index is 621. The third kappa shape index (κ3) is 3.10. The molecule has 1 aliphatic rings. The van der Waals surface area contributed by atoms with Crippen LogP contribution in [0.1, 0.15) is 19.8 Å². The molecule has 0 atom stereocenters. The van der Waals surface area contributed by atoms with Gasteiger partial charge in [-0.25, -0.2) is 4.98 Å². The number of nitrogens with one attached hydrogen (secondary N) is 1. The summed E-state index contributed by atoms with van der Waals surface area (Å²) in [5, 5.41) is 5.80. The fourth-order valence-electron chi connectivity index (χ4n) is 2.75. The van der Waals surface area contributed by atoms with Gasteiger partial charge in [-0.15, -0.1) is 0 Å². The molecule has 1 aromatic carbocycles. The number of nitrogens with zero attached hydrogens (tertiary/aromatic N) is 1. The summed E-state index contributed by atoms with van der Waals surface area (Å²) in [7, 11) is 1.69. The smallest absolute Gasteiger partial charge is 0.133 e. The summed E-state index contributed by atoms with van der Waals surface area (Å²) in [5.41, 5.74) is 0.279. The number of aromatic nitrogens is 1. The third-order valence-corrected chi connectivity index (χ3v) is 4.36. The first-order chi connectivity index (χ1) is 10.2. The van der Waals surface area contributed by atoms with Crippen LogP contribution in [0.5, 0.6) is 5.75 Å². The number of hydrogen-bond acceptors (Lipinski definition) is 4. The molecule has 4 nitrogen and oxygen atoms in total. The Balaban J connectivity index is 1.82. The molecule has 112 valence electrons. The molecule has 0 bridgehead atoms. The number of pyridine rings is 1. The van der Waals surface area contributed by atoms with Crippen LogP contribution in [-0.2, 0) is 4.74 Å². The van der Waals surface area contributed by atoms with E-state index in [9.17, 15) is 0 Å². The molecule has 0 spiro atoms. The third-order valence-electron chi connectivity index (χ3n) is 4.36. The first-order valence-electron chi connectivity index (χ1n) is 7.45. The van der Waals surface area contributed by atoms with E-state index in [1.165, 1.54) is 5.39 Å². The van der Waals surface area contributed by atoms with Crippen LogP contribution in [0, 0.1) is 5.41 Å². The van der Waals surface area contributed by atoms with Gasteiger partial charge in [0.1, 0.15) is 11.6 Å². The molecule has 1 fully saturated rings. The molecular formula is C17H22N2O2. The van der Waals surface area contributed by atoms with Crippen molar-refractivity contribution in [2.45, 2.75) is 19.8 Å². The Hall–Kier alpha value is -1.81. The Morgan fingerprint density at radius 2 is 2.10 bits per heavy atom. The number of rotatable bonds is 4. The fraction of sp³-hybridized carbons (Fsp3) is 0.471. The van der Waals surface area contributed by atoms with Gasteiger partial charge in [0.15, 0.2) is 0 Å². The largest absolute Gasteiger partial charge is 0.497 e. The average Bonchev–Trinajstić information content (AvgIpc) is 2.53. The van der Waals surface area contributed by atoms with E-state index in [-0.39, 0.29) is 5.41 Å². The average molecular weight is 286 g/mol. The highest BCUT2D eigenvalue weighted by molar-refractivity contribution is 5.92. The molecule has 1 N–H and O–H groups in total. The van der Waals surface area contributed by atoms with E-state index in [4.69, 9.17) is 9.47 Å². The molecule has 0 saturated carbocycles. The Kier molecular flexibility index (Phi) is 3.97. The number of methoxy groups -OCH3 is 1. The summed E-state index contributed by atoms with van der Waals surface area (Å²) in [5.74, 6) is 1.79. The maximum absolute atomic E-state index is 5.46. The topological polar surface area (TPSA) is 43.4 Å². The molecule has 4 heteroatoms. The highest BCUT2D eigenvalue weighted by Gasteiger charge is 2.27. The Morgan fingerprint density at radius 1 is 1.29 bits per heavy atom. The predicted molar refractivity (Wildman–Crippen MR) is 84.9 cm³/mol. The number of fused-ring (bicyclic) bond motifs is 1. The van der Waals surface area contributed by atoms with Gasteiger partial charge in [-0.3, -0.25) is 0 Å². The maximum atomic E-state index is 5.46. The fourth-order valence-corrected chi connectivity index (χ4v) is 2.75. The molecule has 1 aliphatic heterocycles. The van der Waals surface area contributed by atoms with Gasteiger partial charge in [-0.05, 0) is 41.8 Å². The van der Waals surface area contributed by atoms with Crippen molar-refractivity contribution < 1.29 is 9.47 Å². The summed E-state index contributed by atoms with van der Waals surface area (Å²) in [6.45, 7) is 4.94. The number of hydrogen-bond donors (Lipinski definition) is 1. The Labute approximate surface area is 125 Å². The summed E-state index contributed by atoms with van der Waals surface area (Å²) < 4.78 is 10.8. The molecule has 21 heavy (non-hydrogen) atoms. The monoisotopic (exact) mass is 286 g/mol. The van der Waals surface area contributed by atoms with E-state index in [1.54, 1.807) is 7.11 Å². The lowest BCUT2D eigenvalue weighted by Gasteiger charge is -2.33. The van der Waals surface area contributed by atoms with Crippen molar-refractivity contribution in [2.75, 3.05) is 32.2 Å². The second kappa shape index (κ2) is 5.90. The molecular weight excluding hydrogens is 264 g/mol. The van der Waals surface area contributed by atoms with Crippen LogP contribution >= 0.6 is 0 Å². The summed E-state index contributed by atoms with van der Waals surface area (Å²) >= 11 is 0. The van der Waals surface area contributed by atoms with Crippen molar-refractivity contribution >= 4 is 16.6 Å². The quantitative estimate of drug-likeness (QED) is 0.934. The van der Waals surface area contributed by atoms with Gasteiger partial charge in [-0.1, -0.05) is 13.0 Å². The van der Waals surface area contributed by atoms with Crippen LogP contribution in [0.15, 0.2) is 30.5 Å². The van der Waals surface area contributed by atoms with Crippen LogP contribution < -0.4 is 10.1 Å². The van der Waals surface area contributed by atoms with E-state index in [2.05, 4.69) is 23.3 Å². The second-order valence-corrected chi connectivity index (χ2v) is 6.02. The van der Waals surface area contributed by atoms with Gasteiger partial charge >= 0.3 is 0 Å². The van der Waals surface area contributed by atoms with Crippen LogP contribution in [0.4, 0.5) is 5.82 Å². The van der Waals surface area contributed by atoms with Crippen LogP contribution in [0.3, 0.4) is 0 Å². The van der Waals surface area contributed by atoms with Gasteiger partial charge in [0.2, 0.25) is 0 Å². The van der Waals surface area contributed by atoms with Gasteiger partial charge < -0.3 is 14.8 Å². The summed E-state index contributed by atoms with van der Waals surface area (Å²) in [6.07, 6.45) is 4.03. The zero-order valence-corrected chi connectivity index (χ0v) is 12.7. The number of anilines is 1. The molecule has 2 aromatic rings. The van der Waals surface area contributed by atoms with Crippen LogP contribution in [0.2, 0.25) is 0 Å². The number of ether oxygens (including phenoxy) is 2. The lowest BCUT2D eigenvalue weighted by atomic mass is 9.82. The van der Waals surface area contributed by atoms with Gasteiger partial charge in [-0.2, -0.15) is 0 Å². The molecule has 2 heterocycles. The van der Waals surface area contributed by atoms with Crippen molar-refractivity contribution in [3.63, 3.8) is 0 Å². The highest BCUT2D eigenvalue weighted by atomic mass is 16.5. The van der Waals surface area contributed by atoms with Crippen molar-refractivity contribution in [1.82, 2.24) is 4.98 Å². The van der Waals surface area contributed by atoms with E-state index in [0.29, 0.717) is 0 Å². The molecule has 0 unspecified atom stereocenters. The van der Waals surface area contributed by atoms with Crippen molar-refractivity contribution in [3.8, 4) is 5.75 Å². The summed E-state index contributed by atoms with van der Waals surface area (Å²) in [4.78, 5) is 4.50. The minimum atomic E-state index is 0.279. The lowest BCUT2D eigenvalue weighted by molar-refractivity contribution is 0.0300. The van der Waals surface area contributed by atoms with E-state index in [1.807, 2.05) is 24.4 Å². The van der Waals surface area contributed by atoms with E-state index < -0.39 is 0 Å². The maximum Gasteiger partial charge on any atom is 0.133 e. The minimum Gasteiger partial charge on any atom is -0.497 e. The molecule has 3 rings (SSSR count). The first kappa shape index (κ1) is 14.1. The highest BCUT2D eigenvalue weighted by Crippen LogP contribution is 2.31. The van der Waals surface area contributed by atoms with Crippen molar-refractivity contribution in [3.05, 3.63) is 30.5 Å². The van der Waals surface area contributed by atoms with Gasteiger partial charge in [0.25, 0.3) is 0 Å². The first-order valence-corrected chi connectivity index (χ1v) is 7.45. The van der Waals surface area contributed by atoms with Crippen molar-refractivity contribution in [2.24, 2.45) is 5.41 Å². The minimum absolute atomic E-state index is 0.279. The zero-order valence-electron chi connectivity index (χ0n) is 12.7. The number of benzene rings is 1. The van der Waals surface area contributed by atoms with Crippen molar-refractivity contribution in [1.29, 1.82) is 0 Å². The molecule has 0 aliphatic carbocycles. The standard InChI is InChI=1S/C17H22N2O2/c1-17(6-9-21-10-7-17)12-19-16-15-11-14(20-2)4-3-13(15)5-8-18-16/h3-5,8,11H,6-7,9-10,12H2,1-2H3,(H,18,19). The van der Waals surface area contributed by atoms with Crippen LogP contribution in [0.25, 0.3) is 10.8 Å². The lowest BCUT2D eigenvalue weighted by Crippen LogP contribution is -2.33. The molecule has 1 aromatic heterocycles. The van der Waals surface area contributed by atoms with Gasteiger partial charge in [0, 0.05) is 31.3 Å².